The predicted molar refractivity (Wildman–Crippen MR) is 65.0 cm³/mol. The van der Waals surface area contributed by atoms with Gasteiger partial charge in [0, 0.05) is 18.1 Å². The lowest BCUT2D eigenvalue weighted by molar-refractivity contribution is 0.309. The molecule has 1 saturated heterocycles. The molecule has 1 heterocycles. The maximum absolute atomic E-state index is 11.5. The molecule has 3 unspecified atom stereocenters. The van der Waals surface area contributed by atoms with Crippen LogP contribution in [0.2, 0.25) is 0 Å². The average molecular weight is 246 g/mol. The number of nitrogens with one attached hydrogen (secondary N) is 1. The molecule has 16 heavy (non-hydrogen) atoms. The summed E-state index contributed by atoms with van der Waals surface area (Å²) in [5.41, 5.74) is 5.93. The summed E-state index contributed by atoms with van der Waals surface area (Å²) in [6.45, 7) is 0. The van der Waals surface area contributed by atoms with Gasteiger partial charge >= 0.3 is 0 Å². The monoisotopic (exact) mass is 246 g/mol. The van der Waals surface area contributed by atoms with E-state index in [0.717, 1.165) is 38.5 Å². The molecule has 0 aromatic carbocycles. The van der Waals surface area contributed by atoms with E-state index in [1.54, 1.807) is 0 Å². The summed E-state index contributed by atoms with van der Waals surface area (Å²) in [6.07, 6.45) is 6.21. The fourth-order valence-corrected chi connectivity index (χ4v) is 4.52. The van der Waals surface area contributed by atoms with Gasteiger partial charge in [0.2, 0.25) is 0 Å². The molecular weight excluding hydrogens is 224 g/mol. The Morgan fingerprint density at radius 2 is 1.81 bits per heavy atom. The zero-order valence-corrected chi connectivity index (χ0v) is 10.5. The summed E-state index contributed by atoms with van der Waals surface area (Å²) in [5.74, 6) is 0.689. The minimum Gasteiger partial charge on any atom is -0.328 e. The molecule has 2 fully saturated rings. The molecule has 3 N–H and O–H groups in total. The van der Waals surface area contributed by atoms with Crippen LogP contribution in [0.3, 0.4) is 0 Å². The van der Waals surface area contributed by atoms with Crippen LogP contribution in [0.4, 0.5) is 0 Å². The van der Waals surface area contributed by atoms with E-state index in [-0.39, 0.29) is 6.04 Å². The topological polar surface area (TPSA) is 72.2 Å². The fourth-order valence-electron chi connectivity index (χ4n) is 2.87. The van der Waals surface area contributed by atoms with Crippen LogP contribution in [-0.4, -0.2) is 38.0 Å². The number of sulfone groups is 1. The Morgan fingerprint density at radius 1 is 1.06 bits per heavy atom. The van der Waals surface area contributed by atoms with Gasteiger partial charge in [-0.2, -0.15) is 0 Å². The maximum Gasteiger partial charge on any atom is 0.151 e. The van der Waals surface area contributed by atoms with Gasteiger partial charge in [0.1, 0.15) is 0 Å². The molecule has 4 nitrogen and oxygen atoms in total. The van der Waals surface area contributed by atoms with Crippen molar-refractivity contribution in [3.63, 3.8) is 0 Å². The standard InChI is InChI=1S/C11H22N2O2S/c12-9-3-1-4-10(7-9)13-11-5-2-6-16(14,15)8-11/h9-11,13H,1-8,12H2. The van der Waals surface area contributed by atoms with Crippen molar-refractivity contribution in [2.75, 3.05) is 11.5 Å². The molecule has 0 aromatic rings. The van der Waals surface area contributed by atoms with Crippen molar-refractivity contribution in [2.45, 2.75) is 56.7 Å². The lowest BCUT2D eigenvalue weighted by atomic mass is 9.91. The Kier molecular flexibility index (Phi) is 3.87. The highest BCUT2D eigenvalue weighted by Gasteiger charge is 2.28. The van der Waals surface area contributed by atoms with Gasteiger partial charge in [-0.25, -0.2) is 8.42 Å². The molecule has 0 aromatic heterocycles. The summed E-state index contributed by atoms with van der Waals surface area (Å²) in [5, 5.41) is 3.48. The molecule has 0 amide bonds. The number of hydrogen-bond donors (Lipinski definition) is 2. The summed E-state index contributed by atoms with van der Waals surface area (Å²) in [4.78, 5) is 0. The van der Waals surface area contributed by atoms with E-state index < -0.39 is 9.84 Å². The van der Waals surface area contributed by atoms with E-state index in [0.29, 0.717) is 23.6 Å². The molecular formula is C11H22N2O2S. The number of rotatable bonds is 2. The molecule has 0 radical (unpaired) electrons. The molecule has 0 spiro atoms. The van der Waals surface area contributed by atoms with Gasteiger partial charge < -0.3 is 11.1 Å². The van der Waals surface area contributed by atoms with Gasteiger partial charge in [-0.05, 0) is 32.1 Å². The molecule has 94 valence electrons. The van der Waals surface area contributed by atoms with Crippen molar-refractivity contribution in [2.24, 2.45) is 5.73 Å². The molecule has 1 aliphatic heterocycles. The van der Waals surface area contributed by atoms with E-state index in [2.05, 4.69) is 5.32 Å². The molecule has 1 aliphatic carbocycles. The average Bonchev–Trinajstić information content (AvgIpc) is 2.15. The smallest absolute Gasteiger partial charge is 0.151 e. The molecule has 1 saturated carbocycles. The Morgan fingerprint density at radius 3 is 2.50 bits per heavy atom. The van der Waals surface area contributed by atoms with Gasteiger partial charge in [-0.3, -0.25) is 0 Å². The van der Waals surface area contributed by atoms with Gasteiger partial charge in [0.15, 0.2) is 9.84 Å². The minimum atomic E-state index is -2.79. The van der Waals surface area contributed by atoms with Crippen LogP contribution in [0.15, 0.2) is 0 Å². The van der Waals surface area contributed by atoms with Crippen LogP contribution in [0.1, 0.15) is 38.5 Å². The zero-order chi connectivity index (χ0) is 11.6. The second kappa shape index (κ2) is 5.02. The van der Waals surface area contributed by atoms with Crippen molar-refractivity contribution in [1.82, 2.24) is 5.32 Å². The van der Waals surface area contributed by atoms with Gasteiger partial charge in [0.25, 0.3) is 0 Å². The highest BCUT2D eigenvalue weighted by atomic mass is 32.2. The van der Waals surface area contributed by atoms with Crippen LogP contribution in [0, 0.1) is 0 Å². The quantitative estimate of drug-likeness (QED) is 0.741. The SMILES string of the molecule is NC1CCCC(NC2CCCS(=O)(=O)C2)C1. The van der Waals surface area contributed by atoms with E-state index in [9.17, 15) is 8.42 Å². The second-order valence-electron chi connectivity index (χ2n) is 5.24. The van der Waals surface area contributed by atoms with Gasteiger partial charge in [-0.1, -0.05) is 6.42 Å². The van der Waals surface area contributed by atoms with Crippen LogP contribution in [0.5, 0.6) is 0 Å². The normalized spacial score (nSPS) is 39.4. The van der Waals surface area contributed by atoms with Gasteiger partial charge in [-0.15, -0.1) is 0 Å². The molecule has 3 atom stereocenters. The first kappa shape index (κ1) is 12.3. The Balaban J connectivity index is 1.84. The van der Waals surface area contributed by atoms with E-state index in [4.69, 9.17) is 5.73 Å². The fraction of sp³-hybridized carbons (Fsp3) is 1.00. The second-order valence-corrected chi connectivity index (χ2v) is 7.47. The van der Waals surface area contributed by atoms with Crippen molar-refractivity contribution in [3.05, 3.63) is 0 Å². The van der Waals surface area contributed by atoms with Crippen molar-refractivity contribution in [1.29, 1.82) is 0 Å². The maximum atomic E-state index is 11.5. The molecule has 2 aliphatic rings. The highest BCUT2D eigenvalue weighted by Crippen LogP contribution is 2.20. The first-order valence-corrected chi connectivity index (χ1v) is 8.09. The van der Waals surface area contributed by atoms with Crippen molar-refractivity contribution < 1.29 is 8.42 Å². The van der Waals surface area contributed by atoms with Gasteiger partial charge in [0.05, 0.1) is 11.5 Å². The third-order valence-corrected chi connectivity index (χ3v) is 5.47. The summed E-state index contributed by atoms with van der Waals surface area (Å²) in [6, 6.07) is 0.891. The van der Waals surface area contributed by atoms with Crippen molar-refractivity contribution >= 4 is 9.84 Å². The summed E-state index contributed by atoms with van der Waals surface area (Å²) < 4.78 is 23.0. The molecule has 2 rings (SSSR count). The highest BCUT2D eigenvalue weighted by molar-refractivity contribution is 7.91. The molecule has 0 bridgehead atoms. The van der Waals surface area contributed by atoms with Crippen LogP contribution >= 0.6 is 0 Å². The number of hydrogen-bond acceptors (Lipinski definition) is 4. The summed E-state index contributed by atoms with van der Waals surface area (Å²) >= 11 is 0. The van der Waals surface area contributed by atoms with E-state index >= 15 is 0 Å². The third kappa shape index (κ3) is 3.43. The van der Waals surface area contributed by atoms with Crippen LogP contribution in [0.25, 0.3) is 0 Å². The van der Waals surface area contributed by atoms with E-state index in [1.807, 2.05) is 0 Å². The largest absolute Gasteiger partial charge is 0.328 e. The Bertz CT molecular complexity index is 329. The lowest BCUT2D eigenvalue weighted by Crippen LogP contribution is -2.48. The lowest BCUT2D eigenvalue weighted by Gasteiger charge is -2.32. The third-order valence-electron chi connectivity index (χ3n) is 3.65. The minimum absolute atomic E-state index is 0.161. The predicted octanol–water partition coefficient (Wildman–Crippen LogP) is 0.423. The van der Waals surface area contributed by atoms with Crippen LogP contribution < -0.4 is 11.1 Å². The summed E-state index contributed by atoms with van der Waals surface area (Å²) in [7, 11) is -2.79. The first-order valence-electron chi connectivity index (χ1n) is 6.27. The number of nitrogens with two attached hydrogens (primary N) is 1. The first-order chi connectivity index (χ1) is 7.55. The molecule has 5 heteroatoms. The zero-order valence-electron chi connectivity index (χ0n) is 9.69. The van der Waals surface area contributed by atoms with E-state index in [1.165, 1.54) is 0 Å². The Hall–Kier alpha value is -0.130. The van der Waals surface area contributed by atoms with Crippen molar-refractivity contribution in [3.8, 4) is 0 Å². The Labute approximate surface area is 97.9 Å². The van der Waals surface area contributed by atoms with Crippen LogP contribution in [-0.2, 0) is 9.84 Å².